The van der Waals surface area contributed by atoms with Crippen LogP contribution in [0.15, 0.2) is 12.4 Å². The van der Waals surface area contributed by atoms with E-state index in [4.69, 9.17) is 0 Å². The number of halogens is 3. The maximum absolute atomic E-state index is 12.2. The fraction of sp³-hybridized carbons (Fsp3) is 0.636. The molecule has 0 fully saturated rings. The fourth-order valence-electron chi connectivity index (χ4n) is 1.21. The van der Waals surface area contributed by atoms with Crippen molar-refractivity contribution in [3.8, 4) is 0 Å². The Morgan fingerprint density at radius 1 is 1.06 bits per heavy atom. The van der Waals surface area contributed by atoms with Gasteiger partial charge in [-0.2, -0.15) is 13.2 Å². The Morgan fingerprint density at radius 3 is 1.81 bits per heavy atom. The summed E-state index contributed by atoms with van der Waals surface area (Å²) in [5, 5.41) is 0. The predicted molar refractivity (Wildman–Crippen MR) is 54.9 cm³/mol. The molecule has 5 heteroatoms. The Kier molecular flexibility index (Phi) is 3.26. The minimum absolute atomic E-state index is 0.0247. The zero-order valence-corrected chi connectivity index (χ0v) is 9.76. The van der Waals surface area contributed by atoms with Gasteiger partial charge in [0.25, 0.3) is 0 Å². The molecule has 0 unspecified atom stereocenters. The molecule has 1 heterocycles. The molecule has 2 nitrogen and oxygen atoms in total. The first-order valence-electron chi connectivity index (χ1n) is 5.01. The standard InChI is InChI=1S/C11H15F3N2/c1-7(10(2,3)4)8-5-15-9(16-6-8)11(12,13)14/h5-7H,1-4H3/t7-/m1/s1. The third-order valence-corrected chi connectivity index (χ3v) is 2.72. The van der Waals surface area contributed by atoms with E-state index in [1.54, 1.807) is 0 Å². The molecule has 90 valence electrons. The Balaban J connectivity index is 2.96. The Labute approximate surface area is 92.9 Å². The Hall–Kier alpha value is -1.13. The third-order valence-electron chi connectivity index (χ3n) is 2.72. The van der Waals surface area contributed by atoms with Crippen molar-refractivity contribution in [2.24, 2.45) is 5.41 Å². The van der Waals surface area contributed by atoms with Crippen LogP contribution in [-0.2, 0) is 6.18 Å². The van der Waals surface area contributed by atoms with Gasteiger partial charge in [0.1, 0.15) is 0 Å². The van der Waals surface area contributed by atoms with Crippen LogP contribution in [0.25, 0.3) is 0 Å². The van der Waals surface area contributed by atoms with Crippen LogP contribution in [0.4, 0.5) is 13.2 Å². The van der Waals surface area contributed by atoms with Gasteiger partial charge in [-0.25, -0.2) is 9.97 Å². The number of nitrogens with zero attached hydrogens (tertiary/aromatic N) is 2. The summed E-state index contributed by atoms with van der Waals surface area (Å²) >= 11 is 0. The average Bonchev–Trinajstić information content (AvgIpc) is 2.14. The zero-order chi connectivity index (χ0) is 12.6. The van der Waals surface area contributed by atoms with E-state index in [2.05, 4.69) is 9.97 Å². The van der Waals surface area contributed by atoms with Gasteiger partial charge >= 0.3 is 6.18 Å². The number of alkyl halides is 3. The maximum Gasteiger partial charge on any atom is 0.451 e. The molecule has 1 aromatic rings. The Bertz CT molecular complexity index is 349. The lowest BCUT2D eigenvalue weighted by molar-refractivity contribution is -0.145. The zero-order valence-electron chi connectivity index (χ0n) is 9.76. The normalized spacial score (nSPS) is 14.9. The molecule has 0 amide bonds. The van der Waals surface area contributed by atoms with Crippen molar-refractivity contribution in [1.82, 2.24) is 9.97 Å². The summed E-state index contributed by atoms with van der Waals surface area (Å²) in [4.78, 5) is 6.70. The van der Waals surface area contributed by atoms with Crippen LogP contribution in [0.3, 0.4) is 0 Å². The molecule has 0 aliphatic carbocycles. The SMILES string of the molecule is C[C@H](c1cnc(C(F)(F)F)nc1)C(C)(C)C. The lowest BCUT2D eigenvalue weighted by Gasteiger charge is -2.27. The second kappa shape index (κ2) is 4.03. The largest absolute Gasteiger partial charge is 0.451 e. The van der Waals surface area contributed by atoms with Gasteiger partial charge in [-0.3, -0.25) is 0 Å². The highest BCUT2D eigenvalue weighted by molar-refractivity contribution is 5.14. The predicted octanol–water partition coefficient (Wildman–Crippen LogP) is 3.65. The molecular weight excluding hydrogens is 217 g/mol. The first-order chi connectivity index (χ1) is 7.12. The van der Waals surface area contributed by atoms with Gasteiger partial charge in [0, 0.05) is 12.4 Å². The molecule has 1 rings (SSSR count). The summed E-state index contributed by atoms with van der Waals surface area (Å²) in [5.41, 5.74) is 0.698. The molecule has 0 radical (unpaired) electrons. The van der Waals surface area contributed by atoms with Crippen molar-refractivity contribution >= 4 is 0 Å². The molecular formula is C11H15F3N2. The van der Waals surface area contributed by atoms with E-state index < -0.39 is 12.0 Å². The van der Waals surface area contributed by atoms with Crippen molar-refractivity contribution in [2.45, 2.75) is 39.8 Å². The molecule has 16 heavy (non-hydrogen) atoms. The van der Waals surface area contributed by atoms with Crippen molar-refractivity contribution < 1.29 is 13.2 Å². The van der Waals surface area contributed by atoms with Gasteiger partial charge in [-0.1, -0.05) is 27.7 Å². The summed E-state index contributed by atoms with van der Waals surface area (Å²) in [6.07, 6.45) is -1.96. The average molecular weight is 232 g/mol. The maximum atomic E-state index is 12.2. The molecule has 0 saturated heterocycles. The molecule has 0 aliphatic heterocycles. The van der Waals surface area contributed by atoms with Gasteiger partial charge in [-0.05, 0) is 16.9 Å². The molecule has 0 bridgehead atoms. The topological polar surface area (TPSA) is 25.8 Å². The lowest BCUT2D eigenvalue weighted by Crippen LogP contribution is -2.17. The van der Waals surface area contributed by atoms with Crippen LogP contribution in [-0.4, -0.2) is 9.97 Å². The van der Waals surface area contributed by atoms with Crippen LogP contribution < -0.4 is 0 Å². The number of hydrogen-bond donors (Lipinski definition) is 0. The molecule has 0 N–H and O–H groups in total. The summed E-state index contributed by atoms with van der Waals surface area (Å²) in [5.74, 6) is -0.979. The highest BCUT2D eigenvalue weighted by Gasteiger charge is 2.34. The molecule has 0 spiro atoms. The van der Waals surface area contributed by atoms with E-state index in [1.165, 1.54) is 12.4 Å². The third kappa shape index (κ3) is 2.93. The molecule has 0 saturated carbocycles. The second-order valence-corrected chi connectivity index (χ2v) is 4.93. The van der Waals surface area contributed by atoms with E-state index in [9.17, 15) is 13.2 Å². The van der Waals surface area contributed by atoms with E-state index in [-0.39, 0.29) is 11.3 Å². The van der Waals surface area contributed by atoms with E-state index in [0.717, 1.165) is 5.56 Å². The van der Waals surface area contributed by atoms with Crippen molar-refractivity contribution in [3.63, 3.8) is 0 Å². The van der Waals surface area contributed by atoms with Crippen molar-refractivity contribution in [2.75, 3.05) is 0 Å². The van der Waals surface area contributed by atoms with Gasteiger partial charge < -0.3 is 0 Å². The van der Waals surface area contributed by atoms with Crippen molar-refractivity contribution in [3.05, 3.63) is 23.8 Å². The highest BCUT2D eigenvalue weighted by Crippen LogP contribution is 2.34. The summed E-state index contributed by atoms with van der Waals surface area (Å²) in [7, 11) is 0. The minimum Gasteiger partial charge on any atom is -0.233 e. The fourth-order valence-corrected chi connectivity index (χ4v) is 1.21. The van der Waals surface area contributed by atoms with E-state index >= 15 is 0 Å². The summed E-state index contributed by atoms with van der Waals surface area (Å²) in [6, 6.07) is 0. The molecule has 0 aromatic carbocycles. The molecule has 1 atom stereocenters. The highest BCUT2D eigenvalue weighted by atomic mass is 19.4. The van der Waals surface area contributed by atoms with Crippen molar-refractivity contribution in [1.29, 1.82) is 0 Å². The van der Waals surface area contributed by atoms with Crippen LogP contribution in [0.5, 0.6) is 0 Å². The summed E-state index contributed by atoms with van der Waals surface area (Å²) in [6.45, 7) is 8.02. The summed E-state index contributed by atoms with van der Waals surface area (Å²) < 4.78 is 36.7. The van der Waals surface area contributed by atoms with Crippen LogP contribution >= 0.6 is 0 Å². The molecule has 1 aromatic heterocycles. The first kappa shape index (κ1) is 12.9. The van der Waals surface area contributed by atoms with Crippen LogP contribution in [0.2, 0.25) is 0 Å². The first-order valence-corrected chi connectivity index (χ1v) is 5.01. The monoisotopic (exact) mass is 232 g/mol. The van der Waals surface area contributed by atoms with Crippen LogP contribution in [0, 0.1) is 5.41 Å². The van der Waals surface area contributed by atoms with Crippen LogP contribution in [0.1, 0.15) is 45.0 Å². The molecule has 0 aliphatic rings. The van der Waals surface area contributed by atoms with Gasteiger partial charge in [0.15, 0.2) is 0 Å². The quantitative estimate of drug-likeness (QED) is 0.738. The second-order valence-electron chi connectivity index (χ2n) is 4.93. The lowest BCUT2D eigenvalue weighted by atomic mass is 9.79. The number of rotatable bonds is 1. The van der Waals surface area contributed by atoms with E-state index in [0.29, 0.717) is 0 Å². The Morgan fingerprint density at radius 2 is 1.50 bits per heavy atom. The van der Waals surface area contributed by atoms with Gasteiger partial charge in [0.2, 0.25) is 5.82 Å². The number of aromatic nitrogens is 2. The number of hydrogen-bond acceptors (Lipinski definition) is 2. The van der Waals surface area contributed by atoms with E-state index in [1.807, 2.05) is 27.7 Å². The minimum atomic E-state index is -4.47. The smallest absolute Gasteiger partial charge is 0.233 e. The van der Waals surface area contributed by atoms with Gasteiger partial charge in [0.05, 0.1) is 0 Å². The van der Waals surface area contributed by atoms with Gasteiger partial charge in [-0.15, -0.1) is 0 Å².